The molecular formula is C10H13N3S. The standard InChI is InChI=1S/C10H13N3S/c1-7-4-6-14-10(7)9(11)8-3-5-13(2)12-8/h3-6,9H,11H2,1-2H3. The molecule has 2 aromatic heterocycles. The summed E-state index contributed by atoms with van der Waals surface area (Å²) in [5.41, 5.74) is 8.28. The second-order valence-electron chi connectivity index (χ2n) is 3.36. The Morgan fingerprint density at radius 2 is 2.29 bits per heavy atom. The Labute approximate surface area is 87.2 Å². The van der Waals surface area contributed by atoms with Gasteiger partial charge >= 0.3 is 0 Å². The van der Waals surface area contributed by atoms with Crippen molar-refractivity contribution >= 4 is 11.3 Å². The molecule has 14 heavy (non-hydrogen) atoms. The zero-order chi connectivity index (χ0) is 10.1. The lowest BCUT2D eigenvalue weighted by molar-refractivity contribution is 0.719. The summed E-state index contributed by atoms with van der Waals surface area (Å²) in [5, 5.41) is 6.37. The SMILES string of the molecule is Cc1ccsc1C(N)c1ccn(C)n1. The van der Waals surface area contributed by atoms with Gasteiger partial charge in [0.15, 0.2) is 0 Å². The third-order valence-corrected chi connectivity index (χ3v) is 3.34. The van der Waals surface area contributed by atoms with Crippen molar-refractivity contribution in [3.63, 3.8) is 0 Å². The first kappa shape index (κ1) is 9.43. The van der Waals surface area contributed by atoms with Gasteiger partial charge in [-0.2, -0.15) is 5.10 Å². The predicted molar refractivity (Wildman–Crippen MR) is 58.3 cm³/mol. The first-order valence-corrected chi connectivity index (χ1v) is 5.35. The van der Waals surface area contributed by atoms with E-state index in [1.807, 2.05) is 19.3 Å². The van der Waals surface area contributed by atoms with Crippen molar-refractivity contribution < 1.29 is 0 Å². The molecule has 0 saturated carbocycles. The van der Waals surface area contributed by atoms with Crippen LogP contribution in [0.3, 0.4) is 0 Å². The molecule has 0 aliphatic rings. The lowest BCUT2D eigenvalue weighted by atomic mass is 10.1. The predicted octanol–water partition coefficient (Wildman–Crippen LogP) is 1.84. The fourth-order valence-corrected chi connectivity index (χ4v) is 2.38. The second kappa shape index (κ2) is 3.55. The average Bonchev–Trinajstić information content (AvgIpc) is 2.73. The fourth-order valence-electron chi connectivity index (χ4n) is 1.44. The van der Waals surface area contributed by atoms with E-state index >= 15 is 0 Å². The van der Waals surface area contributed by atoms with Crippen LogP contribution in [-0.4, -0.2) is 9.78 Å². The molecule has 4 heteroatoms. The molecule has 0 aromatic carbocycles. The number of aromatic nitrogens is 2. The van der Waals surface area contributed by atoms with Crippen molar-refractivity contribution in [2.24, 2.45) is 12.8 Å². The molecule has 0 fully saturated rings. The van der Waals surface area contributed by atoms with Gasteiger partial charge in [-0.25, -0.2) is 0 Å². The Kier molecular flexibility index (Phi) is 2.39. The Morgan fingerprint density at radius 3 is 2.79 bits per heavy atom. The van der Waals surface area contributed by atoms with Gasteiger partial charge in [-0.15, -0.1) is 11.3 Å². The highest BCUT2D eigenvalue weighted by Gasteiger charge is 2.14. The quantitative estimate of drug-likeness (QED) is 0.816. The van der Waals surface area contributed by atoms with Crippen molar-refractivity contribution in [3.05, 3.63) is 39.8 Å². The third-order valence-electron chi connectivity index (χ3n) is 2.24. The van der Waals surface area contributed by atoms with E-state index in [0.717, 1.165) is 5.69 Å². The molecule has 3 nitrogen and oxygen atoms in total. The van der Waals surface area contributed by atoms with Crippen LogP contribution in [0.4, 0.5) is 0 Å². The summed E-state index contributed by atoms with van der Waals surface area (Å²) in [6.45, 7) is 2.08. The molecule has 1 unspecified atom stereocenters. The maximum atomic E-state index is 6.11. The highest BCUT2D eigenvalue weighted by atomic mass is 32.1. The molecule has 0 aliphatic carbocycles. The van der Waals surface area contributed by atoms with E-state index in [2.05, 4.69) is 23.5 Å². The number of thiophene rings is 1. The Hall–Kier alpha value is -1.13. The minimum absolute atomic E-state index is 0.0869. The van der Waals surface area contributed by atoms with Crippen LogP contribution >= 0.6 is 11.3 Å². The average molecular weight is 207 g/mol. The molecule has 0 bridgehead atoms. The van der Waals surface area contributed by atoms with Crippen LogP contribution in [0, 0.1) is 6.92 Å². The molecule has 0 saturated heterocycles. The largest absolute Gasteiger partial charge is 0.318 e. The lowest BCUT2D eigenvalue weighted by Gasteiger charge is -2.07. The van der Waals surface area contributed by atoms with Gasteiger partial charge in [0.1, 0.15) is 0 Å². The monoisotopic (exact) mass is 207 g/mol. The molecule has 0 spiro atoms. The number of aryl methyl sites for hydroxylation is 2. The van der Waals surface area contributed by atoms with E-state index in [9.17, 15) is 0 Å². The minimum Gasteiger partial charge on any atom is -0.318 e. The smallest absolute Gasteiger partial charge is 0.0845 e. The van der Waals surface area contributed by atoms with Crippen LogP contribution < -0.4 is 5.73 Å². The maximum absolute atomic E-state index is 6.11. The van der Waals surface area contributed by atoms with Gasteiger partial charge in [0.25, 0.3) is 0 Å². The molecule has 0 aliphatic heterocycles. The number of nitrogens with two attached hydrogens (primary N) is 1. The highest BCUT2D eigenvalue weighted by Crippen LogP contribution is 2.26. The maximum Gasteiger partial charge on any atom is 0.0845 e. The van der Waals surface area contributed by atoms with Gasteiger partial charge < -0.3 is 5.73 Å². The molecule has 0 amide bonds. The van der Waals surface area contributed by atoms with Crippen LogP contribution in [0.25, 0.3) is 0 Å². The van der Waals surface area contributed by atoms with Crippen LogP contribution in [0.5, 0.6) is 0 Å². The summed E-state index contributed by atoms with van der Waals surface area (Å²) in [6, 6.07) is 3.96. The third kappa shape index (κ3) is 1.58. The van der Waals surface area contributed by atoms with E-state index in [1.165, 1.54) is 10.4 Å². The van der Waals surface area contributed by atoms with Crippen molar-refractivity contribution in [1.29, 1.82) is 0 Å². The summed E-state index contributed by atoms with van der Waals surface area (Å²) in [7, 11) is 1.90. The van der Waals surface area contributed by atoms with E-state index in [0.29, 0.717) is 0 Å². The van der Waals surface area contributed by atoms with Crippen LogP contribution in [0.1, 0.15) is 22.2 Å². The summed E-state index contributed by atoms with van der Waals surface area (Å²) >= 11 is 1.69. The second-order valence-corrected chi connectivity index (χ2v) is 4.31. The number of hydrogen-bond donors (Lipinski definition) is 1. The normalized spacial score (nSPS) is 13.1. The highest BCUT2D eigenvalue weighted by molar-refractivity contribution is 7.10. The van der Waals surface area contributed by atoms with Crippen molar-refractivity contribution in [3.8, 4) is 0 Å². The first-order chi connectivity index (χ1) is 6.68. The number of nitrogens with zero attached hydrogens (tertiary/aromatic N) is 2. The van der Waals surface area contributed by atoms with E-state index < -0.39 is 0 Å². The van der Waals surface area contributed by atoms with E-state index in [4.69, 9.17) is 5.73 Å². The van der Waals surface area contributed by atoms with Gasteiger partial charge in [0, 0.05) is 18.1 Å². The molecule has 1 atom stereocenters. The van der Waals surface area contributed by atoms with Crippen molar-refractivity contribution in [1.82, 2.24) is 9.78 Å². The molecule has 0 radical (unpaired) electrons. The first-order valence-electron chi connectivity index (χ1n) is 4.47. The Bertz CT molecular complexity index is 430. The van der Waals surface area contributed by atoms with E-state index in [1.54, 1.807) is 16.0 Å². The van der Waals surface area contributed by atoms with Crippen LogP contribution in [0.15, 0.2) is 23.7 Å². The van der Waals surface area contributed by atoms with E-state index in [-0.39, 0.29) is 6.04 Å². The van der Waals surface area contributed by atoms with Crippen LogP contribution in [-0.2, 0) is 7.05 Å². The van der Waals surface area contributed by atoms with Crippen molar-refractivity contribution in [2.75, 3.05) is 0 Å². The summed E-state index contributed by atoms with van der Waals surface area (Å²) < 4.78 is 1.78. The number of hydrogen-bond acceptors (Lipinski definition) is 3. The summed E-state index contributed by atoms with van der Waals surface area (Å²) in [6.07, 6.45) is 1.91. The Balaban J connectivity index is 2.33. The Morgan fingerprint density at radius 1 is 1.50 bits per heavy atom. The molecule has 2 heterocycles. The van der Waals surface area contributed by atoms with Gasteiger partial charge in [-0.3, -0.25) is 4.68 Å². The molecule has 2 rings (SSSR count). The fraction of sp³-hybridized carbons (Fsp3) is 0.300. The lowest BCUT2D eigenvalue weighted by Crippen LogP contribution is -2.12. The zero-order valence-electron chi connectivity index (χ0n) is 8.27. The topological polar surface area (TPSA) is 43.8 Å². The molecule has 74 valence electrons. The summed E-state index contributed by atoms with van der Waals surface area (Å²) in [5.74, 6) is 0. The zero-order valence-corrected chi connectivity index (χ0v) is 9.08. The van der Waals surface area contributed by atoms with Gasteiger partial charge in [-0.1, -0.05) is 0 Å². The van der Waals surface area contributed by atoms with Crippen molar-refractivity contribution in [2.45, 2.75) is 13.0 Å². The number of rotatable bonds is 2. The molecular weight excluding hydrogens is 194 g/mol. The minimum atomic E-state index is -0.0869. The van der Waals surface area contributed by atoms with Gasteiger partial charge in [0.2, 0.25) is 0 Å². The molecule has 2 aromatic rings. The van der Waals surface area contributed by atoms with Gasteiger partial charge in [-0.05, 0) is 30.0 Å². The molecule has 2 N–H and O–H groups in total. The van der Waals surface area contributed by atoms with Gasteiger partial charge in [0.05, 0.1) is 11.7 Å². The summed E-state index contributed by atoms with van der Waals surface area (Å²) in [4.78, 5) is 1.20. The van der Waals surface area contributed by atoms with Crippen LogP contribution in [0.2, 0.25) is 0 Å².